The largest absolute Gasteiger partial charge is 0.345 e. The fraction of sp³-hybridized carbons (Fsp3) is 0.476. The van der Waals surface area contributed by atoms with E-state index in [1.807, 2.05) is 25.5 Å². The van der Waals surface area contributed by atoms with Crippen LogP contribution in [0.3, 0.4) is 0 Å². The van der Waals surface area contributed by atoms with Gasteiger partial charge in [0.15, 0.2) is 0 Å². The van der Waals surface area contributed by atoms with E-state index in [2.05, 4.69) is 29.6 Å². The summed E-state index contributed by atoms with van der Waals surface area (Å²) in [4.78, 5) is 24.4. The molecule has 0 aliphatic rings. The van der Waals surface area contributed by atoms with Gasteiger partial charge in [-0.2, -0.15) is 5.10 Å². The van der Waals surface area contributed by atoms with Crippen LogP contribution in [-0.4, -0.2) is 21.6 Å². The highest BCUT2D eigenvalue weighted by atomic mass is 16.2. The summed E-state index contributed by atoms with van der Waals surface area (Å²) in [5.74, 6) is -0.143. The molecule has 0 bridgehead atoms. The van der Waals surface area contributed by atoms with Gasteiger partial charge >= 0.3 is 0 Å². The number of nitrogens with one attached hydrogen (secondary N) is 2. The molecule has 0 fully saturated rings. The van der Waals surface area contributed by atoms with Crippen LogP contribution in [0.2, 0.25) is 0 Å². The maximum atomic E-state index is 12.6. The zero-order chi connectivity index (χ0) is 20.0. The average molecular weight is 370 g/mol. The number of nitrogens with zero attached hydrogens (tertiary/aromatic N) is 2. The fourth-order valence-electron chi connectivity index (χ4n) is 3.26. The van der Waals surface area contributed by atoms with Gasteiger partial charge in [0.25, 0.3) is 5.91 Å². The monoisotopic (exact) mass is 370 g/mol. The molecule has 0 aliphatic heterocycles. The number of carbonyl (C=O) groups is 2. The Hall–Kier alpha value is -2.63. The predicted octanol–water partition coefficient (Wildman–Crippen LogP) is 4.14. The van der Waals surface area contributed by atoms with Gasteiger partial charge < -0.3 is 10.6 Å². The van der Waals surface area contributed by atoms with Gasteiger partial charge in [0, 0.05) is 35.5 Å². The minimum Gasteiger partial charge on any atom is -0.345 e. The third-order valence-corrected chi connectivity index (χ3v) is 4.71. The van der Waals surface area contributed by atoms with Gasteiger partial charge in [-0.3, -0.25) is 14.3 Å². The molecule has 1 aromatic carbocycles. The second-order valence-corrected chi connectivity index (χ2v) is 6.82. The lowest BCUT2D eigenvalue weighted by Crippen LogP contribution is -2.27. The highest BCUT2D eigenvalue weighted by Gasteiger charge is 2.19. The molecule has 0 unspecified atom stereocenters. The van der Waals surface area contributed by atoms with Crippen LogP contribution in [0.4, 0.5) is 5.69 Å². The summed E-state index contributed by atoms with van der Waals surface area (Å²) in [5, 5.41) is 10.4. The molecule has 0 saturated carbocycles. The van der Waals surface area contributed by atoms with Gasteiger partial charge in [0.1, 0.15) is 0 Å². The van der Waals surface area contributed by atoms with E-state index in [1.165, 1.54) is 0 Å². The Balaban J connectivity index is 2.01. The molecule has 6 nitrogen and oxygen atoms in total. The Morgan fingerprint density at radius 1 is 1.15 bits per heavy atom. The van der Waals surface area contributed by atoms with E-state index in [0.29, 0.717) is 17.7 Å². The van der Waals surface area contributed by atoms with Gasteiger partial charge in [-0.1, -0.05) is 13.3 Å². The third kappa shape index (κ3) is 5.18. The van der Waals surface area contributed by atoms with E-state index in [1.54, 1.807) is 24.3 Å². The van der Waals surface area contributed by atoms with Crippen molar-refractivity contribution in [1.82, 2.24) is 15.1 Å². The Bertz CT molecular complexity index is 793. The quantitative estimate of drug-likeness (QED) is 0.733. The summed E-state index contributed by atoms with van der Waals surface area (Å²) in [5.41, 5.74) is 4.34. The molecular formula is C21H30N4O2. The van der Waals surface area contributed by atoms with E-state index in [0.717, 1.165) is 36.3 Å². The second-order valence-electron chi connectivity index (χ2n) is 6.82. The Labute approximate surface area is 161 Å². The van der Waals surface area contributed by atoms with Crippen molar-refractivity contribution in [3.63, 3.8) is 0 Å². The van der Waals surface area contributed by atoms with Crippen molar-refractivity contribution >= 4 is 17.5 Å². The minimum absolute atomic E-state index is 0.00144. The lowest BCUT2D eigenvalue weighted by molar-refractivity contribution is -0.116. The molecule has 2 rings (SSSR count). The molecule has 0 radical (unpaired) electrons. The lowest BCUT2D eigenvalue weighted by Gasteiger charge is -2.15. The fourth-order valence-corrected chi connectivity index (χ4v) is 3.26. The van der Waals surface area contributed by atoms with Crippen molar-refractivity contribution in [2.75, 3.05) is 5.32 Å². The number of hydrogen-bond acceptors (Lipinski definition) is 3. The molecular weight excluding hydrogens is 340 g/mol. The van der Waals surface area contributed by atoms with Crippen LogP contribution in [0.5, 0.6) is 0 Å². The van der Waals surface area contributed by atoms with Crippen molar-refractivity contribution in [2.45, 2.75) is 66.5 Å². The zero-order valence-electron chi connectivity index (χ0n) is 16.9. The first-order valence-corrected chi connectivity index (χ1v) is 9.62. The number of aromatic nitrogens is 2. The van der Waals surface area contributed by atoms with Crippen molar-refractivity contribution in [3.05, 3.63) is 46.8 Å². The Morgan fingerprint density at radius 3 is 2.37 bits per heavy atom. The van der Waals surface area contributed by atoms with E-state index >= 15 is 0 Å². The molecule has 1 heterocycles. The number of anilines is 1. The number of aryl methyl sites for hydroxylation is 2. The van der Waals surface area contributed by atoms with Crippen molar-refractivity contribution in [1.29, 1.82) is 0 Å². The van der Waals surface area contributed by atoms with Crippen LogP contribution in [0.15, 0.2) is 24.3 Å². The normalized spacial score (nSPS) is 11.9. The van der Waals surface area contributed by atoms with Gasteiger partial charge in [0.2, 0.25) is 5.91 Å². The van der Waals surface area contributed by atoms with Crippen LogP contribution < -0.4 is 10.6 Å². The maximum absolute atomic E-state index is 12.6. The van der Waals surface area contributed by atoms with Crippen LogP contribution in [0.1, 0.15) is 73.4 Å². The number of carbonyl (C=O) groups excluding carboxylic acids is 2. The van der Waals surface area contributed by atoms with Crippen molar-refractivity contribution in [3.8, 4) is 0 Å². The number of benzene rings is 1. The molecule has 0 aliphatic carbocycles. The maximum Gasteiger partial charge on any atom is 0.251 e. The molecule has 27 heavy (non-hydrogen) atoms. The third-order valence-electron chi connectivity index (χ3n) is 4.71. The lowest BCUT2D eigenvalue weighted by atomic mass is 10.1. The van der Waals surface area contributed by atoms with Crippen molar-refractivity contribution < 1.29 is 9.59 Å². The molecule has 6 heteroatoms. The molecule has 2 aromatic rings. The zero-order valence-corrected chi connectivity index (χ0v) is 16.9. The summed E-state index contributed by atoms with van der Waals surface area (Å²) in [6, 6.07) is 6.84. The molecule has 2 amide bonds. The predicted molar refractivity (Wildman–Crippen MR) is 108 cm³/mol. The van der Waals surface area contributed by atoms with Gasteiger partial charge in [-0.15, -0.1) is 0 Å². The topological polar surface area (TPSA) is 76.0 Å². The van der Waals surface area contributed by atoms with Crippen LogP contribution in [-0.2, 0) is 11.3 Å². The second kappa shape index (κ2) is 9.35. The first kappa shape index (κ1) is 20.7. The van der Waals surface area contributed by atoms with Gasteiger partial charge in [-0.05, 0) is 58.4 Å². The standard InChI is InChI=1S/C21H30N4O2/c1-6-8-9-19(26)23-18-12-10-17(11-13-18)21(27)22-14(3)20-15(4)24-25(7-2)16(20)5/h10-14H,6-9H2,1-5H3,(H,22,27)(H,23,26)/t14-/m0/s1. The molecule has 0 saturated heterocycles. The SMILES string of the molecule is CCCCC(=O)Nc1ccc(C(=O)N[C@@H](C)c2c(C)nn(CC)c2C)cc1. The van der Waals surface area contributed by atoms with Crippen LogP contribution in [0, 0.1) is 13.8 Å². The first-order chi connectivity index (χ1) is 12.9. The van der Waals surface area contributed by atoms with E-state index in [9.17, 15) is 9.59 Å². The van der Waals surface area contributed by atoms with E-state index in [4.69, 9.17) is 0 Å². The first-order valence-electron chi connectivity index (χ1n) is 9.62. The minimum atomic E-state index is -0.144. The molecule has 1 aromatic heterocycles. The highest BCUT2D eigenvalue weighted by molar-refractivity contribution is 5.96. The van der Waals surface area contributed by atoms with Crippen LogP contribution >= 0.6 is 0 Å². The van der Waals surface area contributed by atoms with Crippen LogP contribution in [0.25, 0.3) is 0 Å². The number of unbranched alkanes of at least 4 members (excludes halogenated alkanes) is 1. The van der Waals surface area contributed by atoms with Gasteiger partial charge in [0.05, 0.1) is 11.7 Å². The summed E-state index contributed by atoms with van der Waals surface area (Å²) < 4.78 is 1.95. The molecule has 1 atom stereocenters. The average Bonchev–Trinajstić information content (AvgIpc) is 2.94. The molecule has 2 N–H and O–H groups in total. The summed E-state index contributed by atoms with van der Waals surface area (Å²) in [7, 11) is 0. The smallest absolute Gasteiger partial charge is 0.251 e. The molecule has 146 valence electrons. The van der Waals surface area contributed by atoms with Gasteiger partial charge in [-0.25, -0.2) is 0 Å². The Kier molecular flexibility index (Phi) is 7.16. The highest BCUT2D eigenvalue weighted by Crippen LogP contribution is 2.22. The number of hydrogen-bond donors (Lipinski definition) is 2. The summed E-state index contributed by atoms with van der Waals surface area (Å²) >= 11 is 0. The Morgan fingerprint density at radius 2 is 1.81 bits per heavy atom. The number of rotatable bonds is 8. The summed E-state index contributed by atoms with van der Waals surface area (Å²) in [6.45, 7) is 10.9. The molecule has 0 spiro atoms. The summed E-state index contributed by atoms with van der Waals surface area (Å²) in [6.07, 6.45) is 2.37. The number of amides is 2. The van der Waals surface area contributed by atoms with E-state index < -0.39 is 0 Å². The van der Waals surface area contributed by atoms with E-state index in [-0.39, 0.29) is 17.9 Å². The van der Waals surface area contributed by atoms with Crippen molar-refractivity contribution in [2.24, 2.45) is 0 Å².